The second-order valence-corrected chi connectivity index (χ2v) is 7.44. The quantitative estimate of drug-likeness (QED) is 0.584. The Morgan fingerprint density at radius 2 is 1.84 bits per heavy atom. The first-order valence-corrected chi connectivity index (χ1v) is 10.1. The van der Waals surface area contributed by atoms with Crippen molar-refractivity contribution in [3.63, 3.8) is 0 Å². The van der Waals surface area contributed by atoms with E-state index in [1.807, 2.05) is 36.4 Å². The first-order valence-electron chi connectivity index (χ1n) is 10.1. The number of benzene rings is 3. The molecule has 0 fully saturated rings. The lowest BCUT2D eigenvalue weighted by Gasteiger charge is -2.26. The highest BCUT2D eigenvalue weighted by Crippen LogP contribution is 2.36. The van der Waals surface area contributed by atoms with Gasteiger partial charge in [0, 0.05) is 23.2 Å². The number of nitrogens with one attached hydrogen (secondary N) is 2. The van der Waals surface area contributed by atoms with E-state index in [-0.39, 0.29) is 18.6 Å². The van der Waals surface area contributed by atoms with E-state index in [1.165, 1.54) is 0 Å². The van der Waals surface area contributed by atoms with Gasteiger partial charge in [-0.25, -0.2) is 5.43 Å². The zero-order valence-corrected chi connectivity index (χ0v) is 17.3. The molecule has 0 saturated carbocycles. The van der Waals surface area contributed by atoms with Crippen molar-refractivity contribution in [2.45, 2.75) is 12.7 Å². The number of hydrazine groups is 1. The lowest BCUT2D eigenvalue weighted by Crippen LogP contribution is -2.45. The predicted molar refractivity (Wildman–Crippen MR) is 115 cm³/mol. The van der Waals surface area contributed by atoms with Crippen LogP contribution in [0.5, 0.6) is 17.2 Å². The maximum atomic E-state index is 13.1. The summed E-state index contributed by atoms with van der Waals surface area (Å²) in [5, 5.41) is 0. The third-order valence-electron chi connectivity index (χ3n) is 5.52. The topological polar surface area (TPSA) is 89.1 Å². The van der Waals surface area contributed by atoms with Crippen LogP contribution < -0.4 is 25.1 Å². The molecule has 0 spiro atoms. The first-order chi connectivity index (χ1) is 15.6. The Hall–Kier alpha value is -4.04. The highest BCUT2D eigenvalue weighted by atomic mass is 16.7. The van der Waals surface area contributed by atoms with Crippen molar-refractivity contribution in [2.75, 3.05) is 13.9 Å². The van der Waals surface area contributed by atoms with Gasteiger partial charge in [-0.15, -0.1) is 0 Å². The van der Waals surface area contributed by atoms with Gasteiger partial charge in [-0.3, -0.25) is 15.0 Å². The molecule has 2 N–H and O–H groups in total. The highest BCUT2D eigenvalue weighted by molar-refractivity contribution is 5.99. The number of fused-ring (bicyclic) bond motifs is 2. The monoisotopic (exact) mass is 431 g/mol. The number of ether oxygens (including phenoxy) is 3. The van der Waals surface area contributed by atoms with Crippen LogP contribution in [0.15, 0.2) is 66.7 Å². The van der Waals surface area contributed by atoms with Gasteiger partial charge < -0.3 is 19.1 Å². The van der Waals surface area contributed by atoms with Crippen molar-refractivity contribution >= 4 is 11.8 Å². The van der Waals surface area contributed by atoms with Crippen LogP contribution in [0.4, 0.5) is 0 Å². The molecule has 2 aliphatic rings. The fraction of sp³-hybridized carbons (Fsp3) is 0.167. The Kier molecular flexibility index (Phi) is 5.12. The summed E-state index contributed by atoms with van der Waals surface area (Å²) < 4.78 is 16.0. The van der Waals surface area contributed by atoms with Gasteiger partial charge in [-0.1, -0.05) is 24.3 Å². The smallest absolute Gasteiger partial charge is 0.265 e. The second-order valence-electron chi connectivity index (χ2n) is 7.44. The number of hydrogen-bond donors (Lipinski definition) is 2. The molecule has 5 rings (SSSR count). The van der Waals surface area contributed by atoms with Crippen molar-refractivity contribution < 1.29 is 23.8 Å². The normalized spacial score (nSPS) is 16.1. The summed E-state index contributed by atoms with van der Waals surface area (Å²) in [4.78, 5) is 27.5. The maximum Gasteiger partial charge on any atom is 0.265 e. The van der Waals surface area contributed by atoms with Crippen LogP contribution in [0.2, 0.25) is 0 Å². The number of rotatable bonds is 6. The fourth-order valence-electron chi connectivity index (χ4n) is 3.87. The van der Waals surface area contributed by atoms with Crippen molar-refractivity contribution in [2.24, 2.45) is 0 Å². The molecule has 2 aliphatic heterocycles. The van der Waals surface area contributed by atoms with Crippen molar-refractivity contribution in [3.05, 3.63) is 89.0 Å². The molecule has 162 valence electrons. The highest BCUT2D eigenvalue weighted by Gasteiger charge is 2.36. The third kappa shape index (κ3) is 3.61. The summed E-state index contributed by atoms with van der Waals surface area (Å²) >= 11 is 0. The minimum atomic E-state index is -0.522. The van der Waals surface area contributed by atoms with Crippen LogP contribution in [-0.2, 0) is 6.54 Å². The zero-order valence-electron chi connectivity index (χ0n) is 17.3. The van der Waals surface area contributed by atoms with Crippen LogP contribution in [0.25, 0.3) is 0 Å². The van der Waals surface area contributed by atoms with Gasteiger partial charge in [0.25, 0.3) is 11.8 Å². The van der Waals surface area contributed by atoms with Gasteiger partial charge in [0.2, 0.25) is 6.79 Å². The number of amides is 2. The van der Waals surface area contributed by atoms with Crippen molar-refractivity contribution in [1.29, 1.82) is 0 Å². The third-order valence-corrected chi connectivity index (χ3v) is 5.52. The van der Waals surface area contributed by atoms with E-state index in [2.05, 4.69) is 10.9 Å². The Morgan fingerprint density at radius 3 is 2.66 bits per heavy atom. The van der Waals surface area contributed by atoms with E-state index >= 15 is 0 Å². The summed E-state index contributed by atoms with van der Waals surface area (Å²) in [6.45, 7) is 0.522. The number of nitrogens with zero attached hydrogens (tertiary/aromatic N) is 1. The van der Waals surface area contributed by atoms with E-state index in [0.717, 1.165) is 11.1 Å². The average molecular weight is 431 g/mol. The molecule has 2 heterocycles. The lowest BCUT2D eigenvalue weighted by atomic mass is 10.1. The van der Waals surface area contributed by atoms with E-state index in [0.29, 0.717) is 34.9 Å². The van der Waals surface area contributed by atoms with E-state index in [9.17, 15) is 9.59 Å². The van der Waals surface area contributed by atoms with Crippen LogP contribution >= 0.6 is 0 Å². The van der Waals surface area contributed by atoms with Crippen molar-refractivity contribution in [1.82, 2.24) is 15.8 Å². The molecule has 1 atom stereocenters. The van der Waals surface area contributed by atoms with Crippen LogP contribution in [-0.4, -0.2) is 30.6 Å². The molecule has 3 aromatic rings. The molecule has 8 heteroatoms. The molecule has 0 saturated heterocycles. The summed E-state index contributed by atoms with van der Waals surface area (Å²) in [5.41, 5.74) is 8.53. The summed E-state index contributed by atoms with van der Waals surface area (Å²) in [6.07, 6.45) is -0.522. The molecule has 3 aromatic carbocycles. The van der Waals surface area contributed by atoms with Gasteiger partial charge in [0.05, 0.1) is 7.11 Å². The largest absolute Gasteiger partial charge is 0.497 e. The SMILES string of the molecule is COc1ccc(C(=O)NN[C@@H]2c3ccccc3C(=O)N2Cc2ccc3c(c2)OCO3)cc1. The van der Waals surface area contributed by atoms with Crippen molar-refractivity contribution in [3.8, 4) is 17.2 Å². The predicted octanol–water partition coefficient (Wildman–Crippen LogP) is 3.01. The number of methoxy groups -OCH3 is 1. The zero-order chi connectivity index (χ0) is 22.1. The minimum absolute atomic E-state index is 0.116. The molecule has 2 amide bonds. The van der Waals surface area contributed by atoms with Gasteiger partial charge in [-0.2, -0.15) is 0 Å². The number of carbonyl (C=O) groups is 2. The number of carbonyl (C=O) groups excluding carboxylic acids is 2. The summed E-state index contributed by atoms with van der Waals surface area (Å²) in [7, 11) is 1.57. The molecule has 8 nitrogen and oxygen atoms in total. The van der Waals surface area contributed by atoms with Gasteiger partial charge >= 0.3 is 0 Å². The standard InChI is InChI=1S/C24H21N3O5/c1-30-17-9-7-16(8-10-17)23(28)26-25-22-18-4-2-3-5-19(18)24(29)27(22)13-15-6-11-20-21(12-15)32-14-31-20/h2-12,22,25H,13-14H2,1H3,(H,26,28)/t22-/m0/s1. The van der Waals surface area contributed by atoms with Crippen LogP contribution in [0.1, 0.15) is 38.0 Å². The Labute approximate surface area is 184 Å². The first kappa shape index (κ1) is 19.9. The van der Waals surface area contributed by atoms with Gasteiger partial charge in [0.15, 0.2) is 11.5 Å². The van der Waals surface area contributed by atoms with E-state index < -0.39 is 6.17 Å². The Morgan fingerprint density at radius 1 is 1.06 bits per heavy atom. The van der Waals surface area contributed by atoms with Crippen LogP contribution in [0.3, 0.4) is 0 Å². The molecule has 0 unspecified atom stereocenters. The lowest BCUT2D eigenvalue weighted by molar-refractivity contribution is 0.0638. The van der Waals surface area contributed by atoms with Crippen LogP contribution in [0, 0.1) is 0 Å². The molecule has 0 aromatic heterocycles. The number of hydrogen-bond acceptors (Lipinski definition) is 6. The van der Waals surface area contributed by atoms with Gasteiger partial charge in [0.1, 0.15) is 11.9 Å². The molecule has 0 bridgehead atoms. The average Bonchev–Trinajstić information content (AvgIpc) is 3.40. The molecule has 0 radical (unpaired) electrons. The second kappa shape index (κ2) is 8.24. The maximum absolute atomic E-state index is 13.1. The van der Waals surface area contributed by atoms with E-state index in [1.54, 1.807) is 42.3 Å². The Balaban J connectivity index is 1.36. The molecular formula is C24H21N3O5. The molecular weight excluding hydrogens is 410 g/mol. The molecule has 0 aliphatic carbocycles. The fourth-order valence-corrected chi connectivity index (χ4v) is 3.87. The Bertz CT molecular complexity index is 1180. The molecule has 32 heavy (non-hydrogen) atoms. The van der Waals surface area contributed by atoms with E-state index in [4.69, 9.17) is 14.2 Å². The van der Waals surface area contributed by atoms with Gasteiger partial charge in [-0.05, 0) is 48.0 Å². The summed E-state index contributed by atoms with van der Waals surface area (Å²) in [5.74, 6) is 1.58. The summed E-state index contributed by atoms with van der Waals surface area (Å²) in [6, 6.07) is 19.7. The minimum Gasteiger partial charge on any atom is -0.497 e.